The van der Waals surface area contributed by atoms with Gasteiger partial charge in [0, 0.05) is 23.0 Å². The Bertz CT molecular complexity index is 1080. The van der Waals surface area contributed by atoms with Crippen molar-refractivity contribution in [3.8, 4) is 11.1 Å². The maximum Gasteiger partial charge on any atom is 0.282 e. The van der Waals surface area contributed by atoms with Gasteiger partial charge < -0.3 is 10.7 Å². The maximum atomic E-state index is 13.0. The summed E-state index contributed by atoms with van der Waals surface area (Å²) >= 11 is 2.65. The molecule has 0 bridgehead atoms. The smallest absolute Gasteiger partial charge is 0.282 e. The van der Waals surface area contributed by atoms with Gasteiger partial charge in [0.2, 0.25) is 5.91 Å². The van der Waals surface area contributed by atoms with E-state index in [2.05, 4.69) is 18.8 Å². The summed E-state index contributed by atoms with van der Waals surface area (Å²) in [5, 5.41) is 2.83. The fraction of sp³-hybridized carbons (Fsp3) is 0.381. The summed E-state index contributed by atoms with van der Waals surface area (Å²) in [6.07, 6.45) is 3.22. The lowest BCUT2D eigenvalue weighted by Crippen LogP contribution is -2.48. The molecule has 6 nitrogen and oxygen atoms in total. The molecular weight excluding hydrogens is 404 g/mol. The van der Waals surface area contributed by atoms with Gasteiger partial charge in [0.1, 0.15) is 4.83 Å². The molecule has 0 spiro atoms. The minimum atomic E-state index is -0.287. The molecule has 0 radical (unpaired) electrons. The molecule has 1 fully saturated rings. The van der Waals surface area contributed by atoms with Crippen LogP contribution in [0.2, 0.25) is 0 Å². The number of hydrogen-bond donors (Lipinski definition) is 1. The molecule has 1 aromatic carbocycles. The predicted octanol–water partition coefficient (Wildman–Crippen LogP) is 3.72. The Morgan fingerprint density at radius 2 is 1.93 bits per heavy atom. The second-order valence-corrected chi connectivity index (χ2v) is 9.28. The Kier molecular flexibility index (Phi) is 5.65. The molecular formula is C21H24N4O2S2. The van der Waals surface area contributed by atoms with Crippen molar-refractivity contribution in [2.45, 2.75) is 50.4 Å². The van der Waals surface area contributed by atoms with Crippen molar-refractivity contribution in [1.29, 1.82) is 0 Å². The first-order chi connectivity index (χ1) is 14.0. The Hall–Kier alpha value is -2.32. The van der Waals surface area contributed by atoms with Crippen LogP contribution in [0.15, 0.2) is 45.7 Å². The molecule has 1 amide bonds. The highest BCUT2D eigenvalue weighted by atomic mass is 32.2. The van der Waals surface area contributed by atoms with E-state index in [0.717, 1.165) is 35.1 Å². The standard InChI is InChI=1S/C21H24N4O2S2/c1-13-7-6-8-14(2)24(13)17(26)12-29-21-23-19-18(20(27)25(21)22)16(11-28-19)15-9-4-3-5-10-15/h3-5,9-11,13-14H,6-8,12,22H2,1-2H3/t13-,14+. The molecule has 152 valence electrons. The molecule has 0 unspecified atom stereocenters. The van der Waals surface area contributed by atoms with E-state index >= 15 is 0 Å². The van der Waals surface area contributed by atoms with E-state index in [4.69, 9.17) is 5.84 Å². The largest absolute Gasteiger partial charge is 0.337 e. The van der Waals surface area contributed by atoms with Gasteiger partial charge in [-0.15, -0.1) is 11.3 Å². The summed E-state index contributed by atoms with van der Waals surface area (Å²) < 4.78 is 1.07. The van der Waals surface area contributed by atoms with Crippen LogP contribution in [-0.4, -0.2) is 38.3 Å². The van der Waals surface area contributed by atoms with Crippen LogP contribution in [0.1, 0.15) is 33.1 Å². The lowest BCUT2D eigenvalue weighted by atomic mass is 9.98. The monoisotopic (exact) mass is 428 g/mol. The molecule has 2 N–H and O–H groups in total. The van der Waals surface area contributed by atoms with E-state index in [0.29, 0.717) is 15.4 Å². The number of rotatable bonds is 4. The van der Waals surface area contributed by atoms with Crippen molar-refractivity contribution in [3.63, 3.8) is 0 Å². The van der Waals surface area contributed by atoms with Crippen LogP contribution in [0, 0.1) is 0 Å². The number of nitrogen functional groups attached to an aromatic ring is 1. The number of thiophene rings is 1. The molecule has 1 aliphatic heterocycles. The minimum absolute atomic E-state index is 0.0696. The number of hydrogen-bond acceptors (Lipinski definition) is 6. The summed E-state index contributed by atoms with van der Waals surface area (Å²) in [7, 11) is 0. The number of carbonyl (C=O) groups excluding carboxylic acids is 1. The topological polar surface area (TPSA) is 81.2 Å². The summed E-state index contributed by atoms with van der Waals surface area (Å²) in [5.41, 5.74) is 1.51. The molecule has 3 aromatic rings. The SMILES string of the molecule is C[C@@H]1CCC[C@H](C)N1C(=O)CSc1nc2scc(-c3ccccc3)c2c(=O)n1N. The Balaban J connectivity index is 1.60. The van der Waals surface area contributed by atoms with Crippen molar-refractivity contribution in [2.75, 3.05) is 11.6 Å². The quantitative estimate of drug-likeness (QED) is 0.389. The van der Waals surface area contributed by atoms with E-state index in [-0.39, 0.29) is 29.3 Å². The number of amides is 1. The Morgan fingerprint density at radius 3 is 2.62 bits per heavy atom. The lowest BCUT2D eigenvalue weighted by molar-refractivity contribution is -0.134. The van der Waals surface area contributed by atoms with E-state index in [9.17, 15) is 9.59 Å². The van der Waals surface area contributed by atoms with Crippen LogP contribution in [0.25, 0.3) is 21.3 Å². The summed E-state index contributed by atoms with van der Waals surface area (Å²) in [5.74, 6) is 6.37. The molecule has 4 rings (SSSR count). The van der Waals surface area contributed by atoms with Crippen molar-refractivity contribution in [3.05, 3.63) is 46.1 Å². The second-order valence-electron chi connectivity index (χ2n) is 7.48. The summed E-state index contributed by atoms with van der Waals surface area (Å²) in [6, 6.07) is 10.2. The van der Waals surface area contributed by atoms with Gasteiger partial charge in [0.05, 0.1) is 11.1 Å². The predicted molar refractivity (Wildman–Crippen MR) is 120 cm³/mol. The number of benzene rings is 1. The molecule has 1 saturated heterocycles. The first-order valence-corrected chi connectivity index (χ1v) is 11.6. The first-order valence-electron chi connectivity index (χ1n) is 9.76. The van der Waals surface area contributed by atoms with Crippen LogP contribution < -0.4 is 11.4 Å². The highest BCUT2D eigenvalue weighted by Crippen LogP contribution is 2.32. The summed E-state index contributed by atoms with van der Waals surface area (Å²) in [6.45, 7) is 4.19. The number of nitrogens with two attached hydrogens (primary N) is 1. The summed E-state index contributed by atoms with van der Waals surface area (Å²) in [4.78, 5) is 32.9. The highest BCUT2D eigenvalue weighted by molar-refractivity contribution is 7.99. The zero-order chi connectivity index (χ0) is 20.5. The van der Waals surface area contributed by atoms with Crippen molar-refractivity contribution in [2.24, 2.45) is 0 Å². The molecule has 2 atom stereocenters. The van der Waals surface area contributed by atoms with Gasteiger partial charge in [-0.2, -0.15) is 0 Å². The number of thioether (sulfide) groups is 1. The van der Waals surface area contributed by atoms with Crippen LogP contribution >= 0.6 is 23.1 Å². The fourth-order valence-electron chi connectivity index (χ4n) is 4.03. The molecule has 2 aromatic heterocycles. The van der Waals surface area contributed by atoms with Gasteiger partial charge in [0.15, 0.2) is 5.16 Å². The van der Waals surface area contributed by atoms with E-state index in [1.807, 2.05) is 40.6 Å². The number of aromatic nitrogens is 2. The van der Waals surface area contributed by atoms with Gasteiger partial charge in [0.25, 0.3) is 5.56 Å². The van der Waals surface area contributed by atoms with Crippen molar-refractivity contribution >= 4 is 39.2 Å². The second kappa shape index (κ2) is 8.20. The van der Waals surface area contributed by atoms with E-state index in [1.165, 1.54) is 23.1 Å². The molecule has 0 saturated carbocycles. The Labute approximate surface area is 177 Å². The van der Waals surface area contributed by atoms with E-state index < -0.39 is 0 Å². The Morgan fingerprint density at radius 1 is 1.24 bits per heavy atom. The molecule has 29 heavy (non-hydrogen) atoms. The van der Waals surface area contributed by atoms with Crippen LogP contribution in [0.5, 0.6) is 0 Å². The van der Waals surface area contributed by atoms with Crippen LogP contribution in [-0.2, 0) is 4.79 Å². The third-order valence-electron chi connectivity index (χ3n) is 5.50. The molecule has 1 aliphatic rings. The third-order valence-corrected chi connectivity index (χ3v) is 7.31. The normalized spacial score (nSPS) is 19.6. The van der Waals surface area contributed by atoms with E-state index in [1.54, 1.807) is 0 Å². The van der Waals surface area contributed by atoms with Crippen molar-refractivity contribution in [1.82, 2.24) is 14.6 Å². The third kappa shape index (κ3) is 3.79. The van der Waals surface area contributed by atoms with Crippen LogP contribution in [0.4, 0.5) is 0 Å². The van der Waals surface area contributed by atoms with Crippen LogP contribution in [0.3, 0.4) is 0 Å². The van der Waals surface area contributed by atoms with Crippen molar-refractivity contribution < 1.29 is 4.79 Å². The van der Waals surface area contributed by atoms with Gasteiger partial charge in [-0.3, -0.25) is 9.59 Å². The average molecular weight is 429 g/mol. The van der Waals surface area contributed by atoms with Gasteiger partial charge in [-0.1, -0.05) is 42.1 Å². The zero-order valence-electron chi connectivity index (χ0n) is 16.5. The number of likely N-dealkylation sites (tertiary alicyclic amines) is 1. The average Bonchev–Trinajstić information content (AvgIpc) is 3.14. The first kappa shape index (κ1) is 20.0. The zero-order valence-corrected chi connectivity index (χ0v) is 18.1. The number of carbonyl (C=O) groups is 1. The van der Waals surface area contributed by atoms with Gasteiger partial charge >= 0.3 is 0 Å². The molecule has 0 aliphatic carbocycles. The maximum absolute atomic E-state index is 13.0. The molecule has 3 heterocycles. The molecule has 8 heteroatoms. The van der Waals surface area contributed by atoms with Gasteiger partial charge in [-0.05, 0) is 38.7 Å². The number of fused-ring (bicyclic) bond motifs is 1. The minimum Gasteiger partial charge on any atom is -0.337 e. The highest BCUT2D eigenvalue weighted by Gasteiger charge is 2.29. The number of piperidine rings is 1. The van der Waals surface area contributed by atoms with Gasteiger partial charge in [-0.25, -0.2) is 9.66 Å². The lowest BCUT2D eigenvalue weighted by Gasteiger charge is -2.39. The fourth-order valence-corrected chi connectivity index (χ4v) is 5.81. The number of nitrogens with zero attached hydrogens (tertiary/aromatic N) is 3.